The third kappa shape index (κ3) is 3.02. The Bertz CT molecular complexity index is 601. The molecule has 1 saturated heterocycles. The molecule has 1 aromatic rings. The molecule has 134 valence electrons. The number of fused-ring (bicyclic) bond motifs is 3. The van der Waals surface area contributed by atoms with Crippen molar-refractivity contribution in [2.24, 2.45) is 11.3 Å². The minimum Gasteiger partial charge on any atom is -0.493 e. The first-order chi connectivity index (χ1) is 11.4. The van der Waals surface area contributed by atoms with Gasteiger partial charge in [0.15, 0.2) is 11.5 Å². The highest BCUT2D eigenvalue weighted by atomic mass is 16.5. The summed E-state index contributed by atoms with van der Waals surface area (Å²) in [6.07, 6.45) is 2.63. The van der Waals surface area contributed by atoms with Gasteiger partial charge >= 0.3 is 0 Å². The molecule has 0 saturated carbocycles. The predicted octanol–water partition coefficient (Wildman–Crippen LogP) is 3.42. The van der Waals surface area contributed by atoms with E-state index in [0.717, 1.165) is 43.9 Å². The van der Waals surface area contributed by atoms with Gasteiger partial charge in [-0.3, -0.25) is 4.90 Å². The Morgan fingerprint density at radius 3 is 2.54 bits per heavy atom. The first-order valence-corrected chi connectivity index (χ1v) is 9.05. The summed E-state index contributed by atoms with van der Waals surface area (Å²) in [5, 5.41) is 10.9. The molecule has 0 unspecified atom stereocenters. The molecule has 3 rings (SSSR count). The Morgan fingerprint density at radius 2 is 1.92 bits per heavy atom. The summed E-state index contributed by atoms with van der Waals surface area (Å²) in [6.45, 7) is 8.75. The predicted molar refractivity (Wildman–Crippen MR) is 95.7 cm³/mol. The zero-order valence-corrected chi connectivity index (χ0v) is 15.6. The molecule has 4 heteroatoms. The van der Waals surface area contributed by atoms with Crippen molar-refractivity contribution in [1.29, 1.82) is 0 Å². The molecular formula is C20H31NO3. The van der Waals surface area contributed by atoms with Crippen molar-refractivity contribution < 1.29 is 14.6 Å². The van der Waals surface area contributed by atoms with Gasteiger partial charge in [0.05, 0.1) is 20.3 Å². The van der Waals surface area contributed by atoms with Crippen LogP contribution in [0.15, 0.2) is 12.1 Å². The molecule has 0 aliphatic carbocycles. The zero-order chi connectivity index (χ0) is 17.5. The molecule has 3 atom stereocenters. The quantitative estimate of drug-likeness (QED) is 0.917. The van der Waals surface area contributed by atoms with Crippen LogP contribution in [-0.4, -0.2) is 43.4 Å². The maximum Gasteiger partial charge on any atom is 0.161 e. The highest BCUT2D eigenvalue weighted by Gasteiger charge is 2.45. The fraction of sp³-hybridized carbons (Fsp3) is 0.700. The number of aliphatic hydroxyl groups excluding tert-OH is 1. The van der Waals surface area contributed by atoms with Crippen LogP contribution in [0.2, 0.25) is 0 Å². The molecule has 0 aromatic heterocycles. The highest BCUT2D eigenvalue weighted by Crippen LogP contribution is 2.47. The van der Waals surface area contributed by atoms with Crippen molar-refractivity contribution in [3.8, 4) is 11.5 Å². The second-order valence-corrected chi connectivity index (χ2v) is 8.15. The molecule has 1 fully saturated rings. The number of aliphatic hydroxyl groups is 1. The number of ether oxygens (including phenoxy) is 2. The molecule has 2 aliphatic rings. The lowest BCUT2D eigenvalue weighted by molar-refractivity contribution is -0.0754. The Kier molecular flexibility index (Phi) is 4.80. The van der Waals surface area contributed by atoms with Crippen molar-refractivity contribution in [2.75, 3.05) is 27.3 Å². The van der Waals surface area contributed by atoms with Gasteiger partial charge in [0.1, 0.15) is 0 Å². The number of hydrogen-bond donors (Lipinski definition) is 1. The number of rotatable bonds is 4. The number of nitrogens with zero attached hydrogens (tertiary/aromatic N) is 1. The van der Waals surface area contributed by atoms with E-state index in [2.05, 4.69) is 37.8 Å². The summed E-state index contributed by atoms with van der Waals surface area (Å²) >= 11 is 0. The normalized spacial score (nSPS) is 30.0. The fourth-order valence-electron chi connectivity index (χ4n) is 4.74. The molecule has 4 nitrogen and oxygen atoms in total. The number of hydrogen-bond acceptors (Lipinski definition) is 4. The van der Waals surface area contributed by atoms with E-state index in [9.17, 15) is 5.11 Å². The van der Waals surface area contributed by atoms with E-state index >= 15 is 0 Å². The van der Waals surface area contributed by atoms with Crippen molar-refractivity contribution in [3.05, 3.63) is 23.3 Å². The van der Waals surface area contributed by atoms with Gasteiger partial charge in [-0.05, 0) is 48.4 Å². The Hall–Kier alpha value is -1.26. The van der Waals surface area contributed by atoms with Crippen LogP contribution in [0.5, 0.6) is 11.5 Å². The first-order valence-electron chi connectivity index (χ1n) is 9.05. The lowest BCUT2D eigenvalue weighted by atomic mass is 9.69. The van der Waals surface area contributed by atoms with Gasteiger partial charge in [-0.1, -0.05) is 20.8 Å². The van der Waals surface area contributed by atoms with Gasteiger partial charge in [-0.15, -0.1) is 0 Å². The Labute approximate surface area is 145 Å². The lowest BCUT2D eigenvalue weighted by Gasteiger charge is -2.51. The van der Waals surface area contributed by atoms with Crippen molar-refractivity contribution in [2.45, 2.75) is 52.2 Å². The summed E-state index contributed by atoms with van der Waals surface area (Å²) in [4.78, 5) is 2.56. The third-order valence-electron chi connectivity index (χ3n) is 5.80. The second-order valence-electron chi connectivity index (χ2n) is 8.15. The van der Waals surface area contributed by atoms with Crippen LogP contribution < -0.4 is 9.47 Å². The van der Waals surface area contributed by atoms with Crippen LogP contribution >= 0.6 is 0 Å². The van der Waals surface area contributed by atoms with E-state index in [0.29, 0.717) is 5.92 Å². The van der Waals surface area contributed by atoms with E-state index in [1.165, 1.54) is 11.1 Å². The summed E-state index contributed by atoms with van der Waals surface area (Å²) in [5.74, 6) is 2.18. The van der Waals surface area contributed by atoms with E-state index in [-0.39, 0.29) is 17.6 Å². The molecule has 24 heavy (non-hydrogen) atoms. The zero-order valence-electron chi connectivity index (χ0n) is 15.6. The molecule has 1 N–H and O–H groups in total. The van der Waals surface area contributed by atoms with Gasteiger partial charge in [0.25, 0.3) is 0 Å². The van der Waals surface area contributed by atoms with Crippen molar-refractivity contribution >= 4 is 0 Å². The van der Waals surface area contributed by atoms with Crippen LogP contribution in [0.4, 0.5) is 0 Å². The summed E-state index contributed by atoms with van der Waals surface area (Å²) in [6, 6.07) is 4.51. The number of methoxy groups -OCH3 is 2. The van der Waals surface area contributed by atoms with Gasteiger partial charge in [0.2, 0.25) is 0 Å². The molecule has 0 radical (unpaired) electrons. The van der Waals surface area contributed by atoms with E-state index in [1.54, 1.807) is 14.2 Å². The second kappa shape index (κ2) is 6.57. The van der Waals surface area contributed by atoms with Gasteiger partial charge in [-0.25, -0.2) is 0 Å². The van der Waals surface area contributed by atoms with Crippen molar-refractivity contribution in [1.82, 2.24) is 4.90 Å². The maximum absolute atomic E-state index is 10.9. The summed E-state index contributed by atoms with van der Waals surface area (Å²) in [5.41, 5.74) is 2.61. The lowest BCUT2D eigenvalue weighted by Crippen LogP contribution is -2.53. The minimum absolute atomic E-state index is 0.0152. The molecule has 2 heterocycles. The van der Waals surface area contributed by atoms with Gasteiger partial charge < -0.3 is 14.6 Å². The van der Waals surface area contributed by atoms with E-state index in [4.69, 9.17) is 9.47 Å². The summed E-state index contributed by atoms with van der Waals surface area (Å²) in [7, 11) is 3.36. The smallest absolute Gasteiger partial charge is 0.161 e. The fourth-order valence-corrected chi connectivity index (χ4v) is 4.74. The number of benzene rings is 1. The Balaban J connectivity index is 1.91. The molecular weight excluding hydrogens is 302 g/mol. The molecule has 0 spiro atoms. The minimum atomic E-state index is -0.264. The van der Waals surface area contributed by atoms with E-state index < -0.39 is 0 Å². The summed E-state index contributed by atoms with van der Waals surface area (Å²) < 4.78 is 10.9. The van der Waals surface area contributed by atoms with Crippen molar-refractivity contribution in [3.63, 3.8) is 0 Å². The average Bonchev–Trinajstić information content (AvgIpc) is 2.54. The standard InChI is InChI=1S/C20H31NO3/c1-13(2)11-20(3)12-21-7-6-14-8-17(23-4)18(24-5)9-15(14)16(21)10-19(20)22/h8-9,13,16,19,22H,6-7,10-12H2,1-5H3/t16-,19+,20+/m1/s1. The van der Waals surface area contributed by atoms with Crippen LogP contribution in [0.3, 0.4) is 0 Å². The molecule has 2 aliphatic heterocycles. The Morgan fingerprint density at radius 1 is 1.25 bits per heavy atom. The van der Waals surface area contributed by atoms with Crippen LogP contribution in [-0.2, 0) is 6.42 Å². The highest BCUT2D eigenvalue weighted by molar-refractivity contribution is 5.49. The topological polar surface area (TPSA) is 41.9 Å². The van der Waals surface area contributed by atoms with Gasteiger partial charge in [0, 0.05) is 24.5 Å². The van der Waals surface area contributed by atoms with Crippen LogP contribution in [0.1, 0.15) is 50.8 Å². The third-order valence-corrected chi connectivity index (χ3v) is 5.80. The SMILES string of the molecule is COc1cc2c(cc1OC)[C@H]1C[C@H](O)[C@@](C)(CC(C)C)CN1CC2. The molecule has 1 aromatic carbocycles. The first kappa shape index (κ1) is 17.6. The van der Waals surface area contributed by atoms with Crippen LogP contribution in [0.25, 0.3) is 0 Å². The van der Waals surface area contributed by atoms with Gasteiger partial charge in [-0.2, -0.15) is 0 Å². The maximum atomic E-state index is 10.9. The van der Waals surface area contributed by atoms with E-state index in [1.807, 2.05) is 0 Å². The monoisotopic (exact) mass is 333 g/mol. The largest absolute Gasteiger partial charge is 0.493 e. The molecule has 0 bridgehead atoms. The van der Waals surface area contributed by atoms with Crippen LogP contribution in [0, 0.1) is 11.3 Å². The number of piperidine rings is 1. The molecule has 0 amide bonds. The average molecular weight is 333 g/mol.